The Balaban J connectivity index is 2.09. The molecule has 0 saturated carbocycles. The van der Waals surface area contributed by atoms with Crippen molar-refractivity contribution in [3.8, 4) is 0 Å². The Morgan fingerprint density at radius 2 is 2.06 bits per heavy atom. The molecule has 3 nitrogen and oxygen atoms in total. The number of nitrogens with two attached hydrogens (primary N) is 1. The van der Waals surface area contributed by atoms with Crippen molar-refractivity contribution in [2.45, 2.75) is 19.4 Å². The van der Waals surface area contributed by atoms with E-state index in [1.54, 1.807) is 0 Å². The molecular weight excluding hydrogens is 202 g/mol. The van der Waals surface area contributed by atoms with Crippen molar-refractivity contribution in [2.24, 2.45) is 0 Å². The molecule has 3 N–H and O–H groups in total. The predicted octanol–water partition coefficient (Wildman–Crippen LogP) is 0.710. The Bertz CT molecular complexity index is 264. The number of rotatable bonds is 8. The van der Waals surface area contributed by atoms with E-state index in [-0.39, 0.29) is 6.10 Å². The van der Waals surface area contributed by atoms with Crippen LogP contribution in [0.2, 0.25) is 0 Å². The Hall–Kier alpha value is -0.900. The normalized spacial score (nSPS) is 12.6. The van der Waals surface area contributed by atoms with Gasteiger partial charge in [-0.25, -0.2) is 0 Å². The van der Waals surface area contributed by atoms with E-state index in [9.17, 15) is 5.11 Å². The molecule has 0 bridgehead atoms. The van der Waals surface area contributed by atoms with Gasteiger partial charge < -0.3 is 15.2 Å². The molecule has 0 saturated heterocycles. The van der Waals surface area contributed by atoms with Crippen molar-refractivity contribution in [3.63, 3.8) is 0 Å². The van der Waals surface area contributed by atoms with Crippen LogP contribution in [0.4, 0.5) is 0 Å². The van der Waals surface area contributed by atoms with Gasteiger partial charge in [-0.3, -0.25) is 0 Å². The minimum Gasteiger partial charge on any atom is -0.382 e. The van der Waals surface area contributed by atoms with Gasteiger partial charge in [0.05, 0.1) is 13.2 Å². The maximum Gasteiger partial charge on any atom is 0.128 e. The molecule has 1 atom stereocenters. The molecule has 1 aromatic rings. The van der Waals surface area contributed by atoms with Crippen molar-refractivity contribution in [1.82, 2.24) is 0 Å². The average Bonchev–Trinajstić information content (AvgIpc) is 2.34. The number of quaternary nitrogens is 1. The van der Waals surface area contributed by atoms with Crippen molar-refractivity contribution in [1.29, 1.82) is 0 Å². The van der Waals surface area contributed by atoms with Crippen LogP contribution in [0.1, 0.15) is 25.0 Å². The van der Waals surface area contributed by atoms with Crippen LogP contribution in [0.15, 0.2) is 30.3 Å². The van der Waals surface area contributed by atoms with Crippen LogP contribution in [-0.4, -0.2) is 31.4 Å². The largest absolute Gasteiger partial charge is 0.382 e. The number of aliphatic hydroxyl groups excluding tert-OH is 1. The summed E-state index contributed by atoms with van der Waals surface area (Å²) in [6.07, 6.45) is 0.670. The van der Waals surface area contributed by atoms with E-state index >= 15 is 0 Å². The highest BCUT2D eigenvalue weighted by molar-refractivity contribution is 5.16. The monoisotopic (exact) mass is 224 g/mol. The smallest absolute Gasteiger partial charge is 0.128 e. The summed E-state index contributed by atoms with van der Waals surface area (Å²) in [7, 11) is 0. The molecule has 0 fully saturated rings. The van der Waals surface area contributed by atoms with E-state index in [2.05, 4.69) is 5.32 Å². The molecule has 0 spiro atoms. The molecule has 1 rings (SSSR count). The lowest BCUT2D eigenvalue weighted by atomic mass is 10.1. The third kappa shape index (κ3) is 5.26. The third-order valence-corrected chi connectivity index (χ3v) is 2.48. The molecule has 0 radical (unpaired) electrons. The Labute approximate surface area is 97.4 Å². The second kappa shape index (κ2) is 8.28. The summed E-state index contributed by atoms with van der Waals surface area (Å²) in [5.74, 6) is 0. The van der Waals surface area contributed by atoms with Crippen molar-refractivity contribution in [2.75, 3.05) is 26.3 Å². The molecular formula is C13H22NO2+. The van der Waals surface area contributed by atoms with Crippen LogP contribution in [0.25, 0.3) is 0 Å². The summed E-state index contributed by atoms with van der Waals surface area (Å²) in [5.41, 5.74) is 0.989. The first-order valence-electron chi connectivity index (χ1n) is 5.97. The van der Waals surface area contributed by atoms with Gasteiger partial charge >= 0.3 is 0 Å². The lowest BCUT2D eigenvalue weighted by Crippen LogP contribution is -2.85. The average molecular weight is 224 g/mol. The summed E-state index contributed by atoms with van der Waals surface area (Å²) >= 11 is 0. The molecule has 0 heterocycles. The summed E-state index contributed by atoms with van der Waals surface area (Å²) in [6, 6.07) is 9.78. The van der Waals surface area contributed by atoms with Crippen LogP contribution >= 0.6 is 0 Å². The molecule has 3 heteroatoms. The van der Waals surface area contributed by atoms with Gasteiger partial charge in [-0.15, -0.1) is 0 Å². The molecule has 0 aliphatic carbocycles. The highest BCUT2D eigenvalue weighted by Crippen LogP contribution is 2.08. The lowest BCUT2D eigenvalue weighted by molar-refractivity contribution is -0.662. The maximum absolute atomic E-state index is 9.86. The van der Waals surface area contributed by atoms with Gasteiger partial charge in [0.1, 0.15) is 12.6 Å². The zero-order valence-corrected chi connectivity index (χ0v) is 9.93. The number of ether oxygens (including phenoxy) is 1. The van der Waals surface area contributed by atoms with Crippen molar-refractivity contribution < 1.29 is 15.2 Å². The third-order valence-electron chi connectivity index (χ3n) is 2.48. The highest BCUT2D eigenvalue weighted by Gasteiger charge is 2.07. The van der Waals surface area contributed by atoms with Crippen LogP contribution < -0.4 is 5.32 Å². The van der Waals surface area contributed by atoms with Gasteiger partial charge in [0, 0.05) is 13.0 Å². The first-order valence-corrected chi connectivity index (χ1v) is 5.97. The second-order valence-electron chi connectivity index (χ2n) is 3.79. The summed E-state index contributed by atoms with van der Waals surface area (Å²) in [4.78, 5) is 0. The Morgan fingerprint density at radius 1 is 1.31 bits per heavy atom. The lowest BCUT2D eigenvalue weighted by Gasteiger charge is -2.09. The van der Waals surface area contributed by atoms with Gasteiger partial charge in [0.15, 0.2) is 0 Å². The standard InChI is InChI=1S/C13H21NO2/c1-2-16-10-6-9-14-11-13(15)12-7-4-3-5-8-12/h3-5,7-8,13-15H,2,6,9-11H2,1H3/p+1/t13-/m1/s1. The minimum atomic E-state index is -0.367. The fourth-order valence-electron chi connectivity index (χ4n) is 1.56. The van der Waals surface area contributed by atoms with Crippen molar-refractivity contribution >= 4 is 0 Å². The molecule has 0 aliphatic rings. The van der Waals surface area contributed by atoms with Gasteiger partial charge in [-0.2, -0.15) is 0 Å². The fourth-order valence-corrected chi connectivity index (χ4v) is 1.56. The molecule has 0 aliphatic heterocycles. The first-order chi connectivity index (χ1) is 7.84. The van der Waals surface area contributed by atoms with E-state index in [1.165, 1.54) is 0 Å². The van der Waals surface area contributed by atoms with E-state index in [1.807, 2.05) is 37.3 Å². The molecule has 0 amide bonds. The van der Waals surface area contributed by atoms with Gasteiger partial charge in [0.25, 0.3) is 0 Å². The number of aliphatic hydroxyl groups is 1. The minimum absolute atomic E-state index is 0.367. The Kier molecular flexibility index (Phi) is 6.81. The summed E-state index contributed by atoms with van der Waals surface area (Å²) < 4.78 is 5.24. The summed E-state index contributed by atoms with van der Waals surface area (Å²) in [6.45, 7) is 5.32. The predicted molar refractivity (Wildman–Crippen MR) is 64.2 cm³/mol. The zero-order chi connectivity index (χ0) is 11.6. The van der Waals surface area contributed by atoms with E-state index < -0.39 is 0 Å². The Morgan fingerprint density at radius 3 is 2.75 bits per heavy atom. The van der Waals surface area contributed by atoms with Crippen LogP contribution in [0.3, 0.4) is 0 Å². The highest BCUT2D eigenvalue weighted by atomic mass is 16.5. The van der Waals surface area contributed by atoms with Gasteiger partial charge in [-0.05, 0) is 12.5 Å². The fraction of sp³-hybridized carbons (Fsp3) is 0.538. The zero-order valence-electron chi connectivity index (χ0n) is 9.93. The molecule has 0 unspecified atom stereocenters. The van der Waals surface area contributed by atoms with Crippen LogP contribution in [-0.2, 0) is 4.74 Å². The maximum atomic E-state index is 9.86. The molecule has 1 aromatic carbocycles. The van der Waals surface area contributed by atoms with Crippen LogP contribution in [0, 0.1) is 0 Å². The van der Waals surface area contributed by atoms with E-state index in [4.69, 9.17) is 4.74 Å². The topological polar surface area (TPSA) is 46.1 Å². The first kappa shape index (κ1) is 13.2. The number of benzene rings is 1. The van der Waals surface area contributed by atoms with Gasteiger partial charge in [-0.1, -0.05) is 30.3 Å². The van der Waals surface area contributed by atoms with Crippen LogP contribution in [0.5, 0.6) is 0 Å². The summed E-state index contributed by atoms with van der Waals surface area (Å²) in [5, 5.41) is 12.0. The second-order valence-corrected chi connectivity index (χ2v) is 3.79. The SMILES string of the molecule is CCOCCC[NH2+]C[C@@H](O)c1ccccc1. The number of hydrogen-bond acceptors (Lipinski definition) is 2. The van der Waals surface area contributed by atoms with Gasteiger partial charge in [0.2, 0.25) is 0 Å². The van der Waals surface area contributed by atoms with E-state index in [0.717, 1.165) is 38.3 Å². The van der Waals surface area contributed by atoms with Crippen molar-refractivity contribution in [3.05, 3.63) is 35.9 Å². The van der Waals surface area contributed by atoms with E-state index in [0.29, 0.717) is 0 Å². The molecule has 16 heavy (non-hydrogen) atoms. The quantitative estimate of drug-likeness (QED) is 0.639. The number of hydrogen-bond donors (Lipinski definition) is 2. The molecule has 0 aromatic heterocycles. The molecule has 90 valence electrons.